The van der Waals surface area contributed by atoms with Crippen LogP contribution in [0.4, 0.5) is 5.69 Å². The Kier molecular flexibility index (Phi) is 5.15. The Labute approximate surface area is 156 Å². The van der Waals surface area contributed by atoms with E-state index in [2.05, 4.69) is 0 Å². The first-order valence-electron chi connectivity index (χ1n) is 8.05. The summed E-state index contributed by atoms with van der Waals surface area (Å²) in [7, 11) is -4.09. The van der Waals surface area contributed by atoms with Gasteiger partial charge in [0, 0.05) is 6.07 Å². The highest BCUT2D eigenvalue weighted by atomic mass is 32.2. The average Bonchev–Trinajstić information content (AvgIpc) is 2.62. The van der Waals surface area contributed by atoms with Crippen molar-refractivity contribution in [2.24, 2.45) is 0 Å². The smallest absolute Gasteiger partial charge is 0.300 e. The van der Waals surface area contributed by atoms with Crippen LogP contribution < -0.4 is 9.47 Å². The van der Waals surface area contributed by atoms with Gasteiger partial charge in [0.1, 0.15) is 0 Å². The fourth-order valence-electron chi connectivity index (χ4n) is 2.56. The van der Waals surface area contributed by atoms with Crippen LogP contribution in [-0.4, -0.2) is 26.2 Å². The summed E-state index contributed by atoms with van der Waals surface area (Å²) in [6.45, 7) is 3.36. The molecule has 2 aromatic carbocycles. The third-order valence-corrected chi connectivity index (χ3v) is 5.15. The zero-order valence-electron chi connectivity index (χ0n) is 14.6. The third kappa shape index (κ3) is 3.93. The Bertz CT molecular complexity index is 997. The van der Waals surface area contributed by atoms with E-state index in [9.17, 15) is 18.5 Å². The lowest BCUT2D eigenvalue weighted by molar-refractivity contribution is -0.385. The summed E-state index contributed by atoms with van der Waals surface area (Å²) in [5.74, 6) is 0.346. The SMILES string of the molecule is CC=Cc1c([N+](=O)[O-])ccc2c1OC(OS(=O)(=O)c1ccc(C)cc1)CO2. The van der Waals surface area contributed by atoms with Gasteiger partial charge in [-0.15, -0.1) is 0 Å². The molecule has 1 aliphatic heterocycles. The van der Waals surface area contributed by atoms with Gasteiger partial charge in [-0.2, -0.15) is 8.42 Å². The summed E-state index contributed by atoms with van der Waals surface area (Å²) in [5, 5.41) is 11.3. The number of benzene rings is 2. The van der Waals surface area contributed by atoms with Crippen LogP contribution in [0.3, 0.4) is 0 Å². The molecule has 0 N–H and O–H groups in total. The van der Waals surface area contributed by atoms with Crippen LogP contribution in [0.1, 0.15) is 18.1 Å². The van der Waals surface area contributed by atoms with E-state index in [-0.39, 0.29) is 34.3 Å². The number of nitro groups is 1. The monoisotopic (exact) mass is 391 g/mol. The van der Waals surface area contributed by atoms with E-state index < -0.39 is 21.3 Å². The van der Waals surface area contributed by atoms with E-state index in [0.29, 0.717) is 0 Å². The average molecular weight is 391 g/mol. The standard InChI is InChI=1S/C18H17NO7S/c1-3-4-14-15(19(20)21)9-10-16-18(14)25-17(11-24-16)26-27(22,23)13-7-5-12(2)6-8-13/h3-10,17H,11H2,1-2H3. The molecular weight excluding hydrogens is 374 g/mol. The van der Waals surface area contributed by atoms with Crippen molar-refractivity contribution in [2.45, 2.75) is 25.0 Å². The number of fused-ring (bicyclic) bond motifs is 1. The van der Waals surface area contributed by atoms with Gasteiger partial charge in [0.25, 0.3) is 22.1 Å². The molecule has 1 heterocycles. The molecule has 0 bridgehead atoms. The zero-order valence-corrected chi connectivity index (χ0v) is 15.4. The minimum atomic E-state index is -4.09. The van der Waals surface area contributed by atoms with Gasteiger partial charge in [-0.25, -0.2) is 4.18 Å². The molecule has 27 heavy (non-hydrogen) atoms. The summed E-state index contributed by atoms with van der Waals surface area (Å²) in [4.78, 5) is 10.7. The second-order valence-corrected chi connectivity index (χ2v) is 7.38. The maximum absolute atomic E-state index is 12.4. The number of nitro benzene ring substituents is 1. The van der Waals surface area contributed by atoms with E-state index in [1.54, 1.807) is 25.1 Å². The van der Waals surface area contributed by atoms with Crippen molar-refractivity contribution in [3.8, 4) is 11.5 Å². The molecule has 2 aromatic rings. The van der Waals surface area contributed by atoms with Gasteiger partial charge in [0.15, 0.2) is 18.1 Å². The molecule has 0 aromatic heterocycles. The first kappa shape index (κ1) is 18.9. The molecule has 0 spiro atoms. The molecule has 1 aliphatic rings. The minimum absolute atomic E-state index is 0.0183. The molecule has 0 radical (unpaired) electrons. The van der Waals surface area contributed by atoms with Crippen LogP contribution in [0.25, 0.3) is 6.08 Å². The molecule has 142 valence electrons. The lowest BCUT2D eigenvalue weighted by atomic mass is 10.1. The second kappa shape index (κ2) is 7.37. The van der Waals surface area contributed by atoms with Crippen LogP contribution in [0.2, 0.25) is 0 Å². The molecule has 1 atom stereocenters. The van der Waals surface area contributed by atoms with Crippen molar-refractivity contribution >= 4 is 21.9 Å². The van der Waals surface area contributed by atoms with Crippen molar-refractivity contribution < 1.29 is 27.0 Å². The molecule has 0 amide bonds. The van der Waals surface area contributed by atoms with Gasteiger partial charge < -0.3 is 9.47 Å². The van der Waals surface area contributed by atoms with E-state index in [0.717, 1.165) is 5.56 Å². The lowest BCUT2D eigenvalue weighted by Crippen LogP contribution is -2.34. The van der Waals surface area contributed by atoms with E-state index in [4.69, 9.17) is 13.7 Å². The minimum Gasteiger partial charge on any atom is -0.483 e. The van der Waals surface area contributed by atoms with Crippen molar-refractivity contribution in [1.29, 1.82) is 0 Å². The largest absolute Gasteiger partial charge is 0.483 e. The number of rotatable bonds is 5. The van der Waals surface area contributed by atoms with Crippen LogP contribution in [0, 0.1) is 17.0 Å². The molecule has 0 saturated carbocycles. The third-order valence-electron chi connectivity index (χ3n) is 3.83. The van der Waals surface area contributed by atoms with Gasteiger partial charge in [-0.1, -0.05) is 23.8 Å². The Balaban J connectivity index is 1.90. The molecule has 0 aliphatic carbocycles. The van der Waals surface area contributed by atoms with Crippen LogP contribution in [0.5, 0.6) is 11.5 Å². The summed E-state index contributed by atoms with van der Waals surface area (Å²) in [5.41, 5.74) is 0.905. The highest BCUT2D eigenvalue weighted by Crippen LogP contribution is 2.41. The van der Waals surface area contributed by atoms with Gasteiger partial charge in [0.05, 0.1) is 15.4 Å². The van der Waals surface area contributed by atoms with Crippen molar-refractivity contribution in [1.82, 2.24) is 0 Å². The second-order valence-electron chi connectivity index (χ2n) is 5.80. The number of hydrogen-bond acceptors (Lipinski definition) is 7. The normalized spacial score (nSPS) is 16.4. The van der Waals surface area contributed by atoms with Crippen LogP contribution >= 0.6 is 0 Å². The molecule has 3 rings (SSSR count). The highest BCUT2D eigenvalue weighted by molar-refractivity contribution is 7.86. The van der Waals surface area contributed by atoms with Gasteiger partial charge in [-0.05, 0) is 38.1 Å². The maximum atomic E-state index is 12.4. The van der Waals surface area contributed by atoms with Crippen molar-refractivity contribution in [2.75, 3.05) is 6.61 Å². The fourth-order valence-corrected chi connectivity index (χ4v) is 3.52. The van der Waals surface area contributed by atoms with E-state index in [1.807, 2.05) is 6.92 Å². The topological polar surface area (TPSA) is 105 Å². The maximum Gasteiger partial charge on any atom is 0.300 e. The summed E-state index contributed by atoms with van der Waals surface area (Å²) in [6, 6.07) is 8.87. The van der Waals surface area contributed by atoms with Crippen molar-refractivity contribution in [3.05, 3.63) is 63.7 Å². The van der Waals surface area contributed by atoms with E-state index in [1.165, 1.54) is 30.3 Å². The molecular formula is C18H17NO7S. The first-order chi connectivity index (χ1) is 12.8. The number of nitrogens with zero attached hydrogens (tertiary/aromatic N) is 1. The highest BCUT2D eigenvalue weighted by Gasteiger charge is 2.32. The Morgan fingerprint density at radius 1 is 1.22 bits per heavy atom. The van der Waals surface area contributed by atoms with Gasteiger partial charge in [0.2, 0.25) is 0 Å². The van der Waals surface area contributed by atoms with Crippen LogP contribution in [0.15, 0.2) is 47.4 Å². The predicted molar refractivity (Wildman–Crippen MR) is 97.2 cm³/mol. The predicted octanol–water partition coefficient (Wildman–Crippen LogP) is 3.44. The molecule has 8 nitrogen and oxygen atoms in total. The molecule has 0 fully saturated rings. The Morgan fingerprint density at radius 3 is 2.56 bits per heavy atom. The van der Waals surface area contributed by atoms with Gasteiger partial charge >= 0.3 is 0 Å². The fraction of sp³-hybridized carbons (Fsp3) is 0.222. The summed E-state index contributed by atoms with van der Waals surface area (Å²) >= 11 is 0. The lowest BCUT2D eigenvalue weighted by Gasteiger charge is -2.26. The quantitative estimate of drug-likeness (QED) is 0.437. The van der Waals surface area contributed by atoms with E-state index >= 15 is 0 Å². The van der Waals surface area contributed by atoms with Crippen LogP contribution in [-0.2, 0) is 14.3 Å². The summed E-state index contributed by atoms with van der Waals surface area (Å²) in [6.07, 6.45) is 1.84. The number of ether oxygens (including phenoxy) is 2. The Morgan fingerprint density at radius 2 is 1.93 bits per heavy atom. The zero-order chi connectivity index (χ0) is 19.6. The van der Waals surface area contributed by atoms with Crippen molar-refractivity contribution in [3.63, 3.8) is 0 Å². The molecule has 9 heteroatoms. The molecule has 0 saturated heterocycles. The van der Waals surface area contributed by atoms with Gasteiger partial charge in [-0.3, -0.25) is 10.1 Å². The number of aryl methyl sites for hydroxylation is 1. The summed E-state index contributed by atoms with van der Waals surface area (Å²) < 4.78 is 41.1. The molecule has 1 unspecified atom stereocenters. The first-order valence-corrected chi connectivity index (χ1v) is 9.46. The number of hydrogen-bond donors (Lipinski definition) is 0. The number of allylic oxidation sites excluding steroid dienone is 1. The Hall–Kier alpha value is -2.91.